The standard InChI is InChI=1S/C13H14ClNO.4C12H12ClNO/c1-9-5-6-10(11(14)8-9)13(15)7-3-2-4-12(13)16;4*13-10-6-2-1-5-9(10)12(14)8-4-3-7-11(12)15/h2,4-6,8H,3,7,15H2,1H3;4*1-3,5-7H,4,8,14H2/i2D,3D2,4D,5D,6D,7D2,8D;1D,2D,4D2,5D,6D,7D,8D2;1D,2D,3D,5D,6D,7D,8D2;1D,2D,3D,4D2,5D,6D,8D2;1D,2D,4D2,5D,6D,8D2. The van der Waals surface area contributed by atoms with Gasteiger partial charge in [-0.25, -0.2) is 0 Å². The van der Waals surface area contributed by atoms with Crippen molar-refractivity contribution in [1.29, 1.82) is 0 Å². The summed E-state index contributed by atoms with van der Waals surface area (Å²) in [5.74, 6) is -6.25. The second kappa shape index (κ2) is 26.2. The lowest BCUT2D eigenvalue weighted by Gasteiger charge is -2.30. The minimum atomic E-state index is -3.26. The van der Waals surface area contributed by atoms with Crippen LogP contribution < -0.4 is 28.7 Å². The van der Waals surface area contributed by atoms with E-state index in [-0.39, 0.29) is 5.56 Å². The van der Waals surface area contributed by atoms with Crippen LogP contribution in [0.3, 0.4) is 0 Å². The van der Waals surface area contributed by atoms with Gasteiger partial charge in [0.1, 0.15) is 27.7 Å². The van der Waals surface area contributed by atoms with E-state index in [0.29, 0.717) is 12.2 Å². The highest BCUT2D eigenvalue weighted by Gasteiger charge is 2.40. The Hall–Kier alpha value is -5.60. The third-order valence-electron chi connectivity index (χ3n) is 10.1. The summed E-state index contributed by atoms with van der Waals surface area (Å²) in [7, 11) is 0. The Morgan fingerprint density at radius 2 is 0.750 bits per heavy atom. The molecular weight excluding hydrogens is 1060 g/mol. The summed E-state index contributed by atoms with van der Waals surface area (Å²) in [6.45, 7) is 1.34. The van der Waals surface area contributed by atoms with E-state index in [9.17, 15) is 24.0 Å². The Morgan fingerprint density at radius 1 is 0.395 bits per heavy atom. The van der Waals surface area contributed by atoms with Gasteiger partial charge in [-0.05, 0) is 165 Å². The number of carbonyl (C=O) groups excluding carboxylic acids is 5. The molecule has 0 aromatic heterocycles. The average molecular weight is 1170 g/mol. The average Bonchev–Trinajstić information content (AvgIpc) is 0.708. The molecule has 5 aliphatic rings. The number of rotatable bonds is 5. The number of allylic oxidation sites excluding steroid dienone is 5. The van der Waals surface area contributed by atoms with Crippen molar-refractivity contribution >= 4 is 86.9 Å². The lowest BCUT2D eigenvalue weighted by Crippen LogP contribution is -2.45. The van der Waals surface area contributed by atoms with Gasteiger partial charge < -0.3 is 28.7 Å². The number of hydrogen-bond donors (Lipinski definition) is 5. The topological polar surface area (TPSA) is 215 Å². The highest BCUT2D eigenvalue weighted by Crippen LogP contribution is 2.38. The summed E-state index contributed by atoms with van der Waals surface area (Å²) in [5, 5.41) is -3.10. The van der Waals surface area contributed by atoms with Gasteiger partial charge in [0.25, 0.3) is 0 Å². The Balaban J connectivity index is 0.000000231. The first kappa shape index (κ1) is 24.2. The Labute approximate surface area is 530 Å². The fourth-order valence-electron chi connectivity index (χ4n) is 6.10. The smallest absolute Gasteiger partial charge is 0.179 e. The van der Waals surface area contributed by atoms with E-state index in [2.05, 4.69) is 0 Å². The van der Waals surface area contributed by atoms with Crippen LogP contribution in [0.1, 0.15) is 156 Å². The summed E-state index contributed by atoms with van der Waals surface area (Å²) in [4.78, 5) is 62.2. The van der Waals surface area contributed by atoms with Crippen molar-refractivity contribution in [3.05, 3.63) is 234 Å². The van der Waals surface area contributed by atoms with E-state index < -0.39 is 324 Å². The molecule has 10 nitrogen and oxygen atoms in total. The van der Waals surface area contributed by atoms with Crippen LogP contribution >= 0.6 is 58.0 Å². The van der Waals surface area contributed by atoms with Gasteiger partial charge in [-0.3, -0.25) is 24.0 Å². The molecule has 0 bridgehead atoms. The van der Waals surface area contributed by atoms with E-state index in [1.807, 2.05) is 0 Å². The van der Waals surface area contributed by atoms with E-state index >= 15 is 0 Å². The summed E-state index contributed by atoms with van der Waals surface area (Å²) in [6, 6.07) is -18.9. The molecule has 5 unspecified atom stereocenters. The minimum absolute atomic E-state index is 0.0111. The van der Waals surface area contributed by atoms with Crippen LogP contribution in [0.2, 0.25) is 25.1 Å². The molecule has 10 N–H and O–H groups in total. The van der Waals surface area contributed by atoms with Crippen molar-refractivity contribution < 1.29 is 82.9 Å². The number of benzene rings is 5. The molecule has 0 fully saturated rings. The second-order valence-corrected chi connectivity index (χ2v) is 16.9. The van der Waals surface area contributed by atoms with Crippen molar-refractivity contribution in [1.82, 2.24) is 0 Å². The molecule has 5 aromatic carbocycles. The Bertz CT molecular complexity index is 5300. The van der Waals surface area contributed by atoms with E-state index in [1.165, 1.54) is 6.92 Å². The first-order valence-corrected chi connectivity index (χ1v) is 22.6. The quantitative estimate of drug-likeness (QED) is 0.112. The van der Waals surface area contributed by atoms with Gasteiger partial charge in [-0.15, -0.1) is 0 Å². The lowest BCUT2D eigenvalue weighted by atomic mass is 9.79. The van der Waals surface area contributed by atoms with Crippen LogP contribution in [0, 0.1) is 6.92 Å². The van der Waals surface area contributed by atoms with Crippen LogP contribution in [-0.2, 0) is 51.7 Å². The van der Waals surface area contributed by atoms with E-state index in [0.717, 1.165) is 12.2 Å². The maximum absolute atomic E-state index is 12.6. The molecule has 0 saturated heterocycles. The van der Waals surface area contributed by atoms with Crippen molar-refractivity contribution in [3.8, 4) is 0 Å². The highest BCUT2D eigenvalue weighted by molar-refractivity contribution is 6.33. The van der Waals surface area contributed by atoms with Crippen molar-refractivity contribution in [2.24, 2.45) is 28.7 Å². The molecule has 10 rings (SSSR count). The van der Waals surface area contributed by atoms with E-state index in [1.54, 1.807) is 0 Å². The monoisotopic (exact) mass is 1160 g/mol. The molecule has 0 saturated carbocycles. The SMILES string of the molecule is [2H]C1=C([2H])C(=O)C(N)(c2c([2H])c([2H])c([2H])c([2H])c2Cl)C([2H])([2H])C1.[2H]C1=C([2H])C([2H])([2H])C([2H])([2H])C(N)(c2c([2H])c([2H])c(C)c([2H])c2Cl)C1=O.[2H]C1=CC(=O)C(N)(c2c([2H])c([2H])c([2H])c([2H])c2Cl)C([2H])([2H])C1([2H])[2H].[2H]C1=CC([2H])([2H])C([2H])([2H])C(N)(c2c([2H])c([2H])c([2H])c([2H])c2Cl)C1=O.[2H]c1c([2H])c([2H])c(C2(N)C(=O)C=CC([2H])([2H])C2([2H])[2H])c(Cl)c1[2H]. The van der Waals surface area contributed by atoms with Crippen molar-refractivity contribution in [2.75, 3.05) is 0 Å². The number of ketones is 5. The maximum atomic E-state index is 12.6. The van der Waals surface area contributed by atoms with E-state index in [4.69, 9.17) is 146 Å². The molecule has 0 aliphatic heterocycles. The van der Waals surface area contributed by atoms with Crippen molar-refractivity contribution in [3.63, 3.8) is 0 Å². The number of nitrogens with two attached hydrogens (primary N) is 5. The molecular formula is C61H62Cl5N5O5. The first-order valence-electron chi connectivity index (χ1n) is 42.2. The molecule has 15 heteroatoms. The molecule has 5 atom stereocenters. The molecule has 76 heavy (non-hydrogen) atoms. The zero-order valence-electron chi connectivity index (χ0n) is 81.3. The molecule has 0 spiro atoms. The normalized spacial score (nSPS) is 40.3. The lowest BCUT2D eigenvalue weighted by molar-refractivity contribution is -0.121. The summed E-state index contributed by atoms with van der Waals surface area (Å²) < 4.78 is 335. The summed E-state index contributed by atoms with van der Waals surface area (Å²) in [5.41, 5.74) is 12.2. The third kappa shape index (κ3) is 13.6. The van der Waals surface area contributed by atoms with Crippen LogP contribution in [0.25, 0.3) is 0 Å². The zero-order valence-corrected chi connectivity index (χ0v) is 42.1. The zero-order chi connectivity index (χ0) is 93.2. The predicted octanol–water partition coefficient (Wildman–Crippen LogP) is 12.4. The van der Waals surface area contributed by atoms with Gasteiger partial charge >= 0.3 is 0 Å². The predicted molar refractivity (Wildman–Crippen MR) is 308 cm³/mol. The third-order valence-corrected chi connectivity index (χ3v) is 11.5. The van der Waals surface area contributed by atoms with Crippen LogP contribution in [-0.4, -0.2) is 28.9 Å². The number of carbonyl (C=O) groups is 5. The molecule has 0 radical (unpaired) electrons. The van der Waals surface area contributed by atoms with Gasteiger partial charge in [-0.2, -0.15) is 0 Å². The van der Waals surface area contributed by atoms with Crippen LogP contribution in [0.4, 0.5) is 0 Å². The van der Waals surface area contributed by atoms with Gasteiger partial charge in [-0.1, -0.05) is 173 Å². The highest BCUT2D eigenvalue weighted by atomic mass is 35.5. The van der Waals surface area contributed by atoms with Crippen LogP contribution in [0.5, 0.6) is 0 Å². The molecule has 0 heterocycles. The Morgan fingerprint density at radius 3 is 1.24 bits per heavy atom. The number of hydrogen-bond acceptors (Lipinski definition) is 10. The minimum Gasteiger partial charge on any atom is -0.315 e. The Kier molecular flexibility index (Phi) is 8.33. The van der Waals surface area contributed by atoms with Crippen molar-refractivity contribution in [2.45, 2.75) is 98.4 Å². The largest absolute Gasteiger partial charge is 0.315 e. The number of halogens is 5. The second-order valence-electron chi connectivity index (χ2n) is 15.1. The first-order chi connectivity index (χ1) is 53.3. The maximum Gasteiger partial charge on any atom is 0.179 e. The summed E-state index contributed by atoms with van der Waals surface area (Å²) in [6.07, 6.45) is -24.8. The summed E-state index contributed by atoms with van der Waals surface area (Å²) >= 11 is 29.7. The van der Waals surface area contributed by atoms with Gasteiger partial charge in [0, 0.05) is 49.8 Å². The van der Waals surface area contributed by atoms with Crippen LogP contribution in [0.15, 0.2) is 175 Å². The molecule has 396 valence electrons. The molecule has 5 aliphatic carbocycles. The molecule has 0 amide bonds. The van der Waals surface area contributed by atoms with Gasteiger partial charge in [0.05, 0.1) is 34.3 Å². The van der Waals surface area contributed by atoms with Gasteiger partial charge in [0.15, 0.2) is 28.9 Å². The fourth-order valence-corrected chi connectivity index (χ4v) is 7.41. The van der Waals surface area contributed by atoms with Gasteiger partial charge in [0.2, 0.25) is 0 Å². The molecule has 5 aromatic rings. The fraction of sp³-hybridized carbons (Fsp3) is 0.262.